The smallest absolute Gasteiger partial charge is 0.194 e. The summed E-state index contributed by atoms with van der Waals surface area (Å²) in [5.41, 5.74) is 16.0. The summed E-state index contributed by atoms with van der Waals surface area (Å²) in [5.74, 6) is -0.189. The molecule has 4 nitrogen and oxygen atoms in total. The highest BCUT2D eigenvalue weighted by atomic mass is 16.1. The van der Waals surface area contributed by atoms with Crippen molar-refractivity contribution < 1.29 is 4.79 Å². The third-order valence-electron chi connectivity index (χ3n) is 10.8. The fourth-order valence-electron chi connectivity index (χ4n) is 8.99. The lowest BCUT2D eigenvalue weighted by Crippen LogP contribution is -2.36. The summed E-state index contributed by atoms with van der Waals surface area (Å²) in [5, 5.41) is 20.0. The van der Waals surface area contributed by atoms with E-state index in [9.17, 15) is 15.3 Å². The number of hydrogen-bond donors (Lipinski definition) is 0. The molecule has 51 heavy (non-hydrogen) atoms. The van der Waals surface area contributed by atoms with Crippen molar-refractivity contribution in [1.82, 2.24) is 0 Å². The van der Waals surface area contributed by atoms with Crippen LogP contribution in [-0.4, -0.2) is 5.78 Å². The van der Waals surface area contributed by atoms with Crippen molar-refractivity contribution in [3.8, 4) is 23.3 Å². The van der Waals surface area contributed by atoms with Gasteiger partial charge in [-0.2, -0.15) is 10.5 Å². The summed E-state index contributed by atoms with van der Waals surface area (Å²) >= 11 is 0. The van der Waals surface area contributed by atoms with Gasteiger partial charge in [0.2, 0.25) is 0 Å². The zero-order valence-corrected chi connectivity index (χ0v) is 28.5. The van der Waals surface area contributed by atoms with Gasteiger partial charge in [0.1, 0.15) is 17.7 Å². The lowest BCUT2D eigenvalue weighted by Gasteiger charge is -2.46. The van der Waals surface area contributed by atoms with Gasteiger partial charge in [-0.3, -0.25) is 4.79 Å². The normalized spacial score (nSPS) is 15.1. The SMILES string of the molecule is Cc1cc(C)c(N2c3ccccc3C3(c4ccccc4-c4ccccc43)c3cc(/C=C4\C(=O)c5ccccc5C4=C(C#N)C#N)ccc32)c(C)c1. The van der Waals surface area contributed by atoms with Crippen molar-refractivity contribution in [2.24, 2.45) is 0 Å². The summed E-state index contributed by atoms with van der Waals surface area (Å²) in [6.07, 6.45) is 1.86. The Morgan fingerprint density at radius 2 is 1.14 bits per heavy atom. The molecule has 6 aromatic rings. The highest BCUT2D eigenvalue weighted by Gasteiger charge is 2.52. The minimum Gasteiger partial charge on any atom is -0.309 e. The Morgan fingerprint density at radius 3 is 1.76 bits per heavy atom. The van der Waals surface area contributed by atoms with Crippen molar-refractivity contribution >= 4 is 34.5 Å². The Bertz CT molecular complexity index is 2590. The summed E-state index contributed by atoms with van der Waals surface area (Å²) in [6.45, 7) is 6.50. The molecule has 0 unspecified atom stereocenters. The van der Waals surface area contributed by atoms with Gasteiger partial charge in [0.05, 0.1) is 22.5 Å². The maximum atomic E-state index is 14.0. The molecule has 0 fully saturated rings. The quantitative estimate of drug-likeness (QED) is 0.138. The highest BCUT2D eigenvalue weighted by Crippen LogP contribution is 2.63. The molecule has 0 N–H and O–H groups in total. The lowest BCUT2D eigenvalue weighted by atomic mass is 9.64. The second-order valence-electron chi connectivity index (χ2n) is 13.6. The first-order valence-electron chi connectivity index (χ1n) is 17.1. The summed E-state index contributed by atoms with van der Waals surface area (Å²) < 4.78 is 0. The van der Waals surface area contributed by atoms with E-state index in [0.29, 0.717) is 22.3 Å². The van der Waals surface area contributed by atoms with Gasteiger partial charge in [-0.05, 0) is 101 Å². The molecule has 0 saturated heterocycles. The number of nitriles is 2. The summed E-state index contributed by atoms with van der Waals surface area (Å²) in [4.78, 5) is 16.4. The molecule has 4 heteroatoms. The van der Waals surface area contributed by atoms with Crippen molar-refractivity contribution in [1.29, 1.82) is 10.5 Å². The van der Waals surface area contributed by atoms with Crippen molar-refractivity contribution in [3.05, 3.63) is 194 Å². The lowest BCUT2D eigenvalue weighted by molar-refractivity contribution is 0.104. The van der Waals surface area contributed by atoms with Gasteiger partial charge in [0, 0.05) is 16.7 Å². The number of rotatable bonds is 2. The van der Waals surface area contributed by atoms with E-state index in [0.717, 1.165) is 28.2 Å². The highest BCUT2D eigenvalue weighted by molar-refractivity contribution is 6.29. The van der Waals surface area contributed by atoms with Crippen LogP contribution < -0.4 is 4.90 Å². The first kappa shape index (κ1) is 30.3. The van der Waals surface area contributed by atoms with Gasteiger partial charge in [0.15, 0.2) is 5.78 Å². The van der Waals surface area contributed by atoms with Gasteiger partial charge >= 0.3 is 0 Å². The molecule has 0 atom stereocenters. The zero-order chi connectivity index (χ0) is 35.0. The second-order valence-corrected chi connectivity index (χ2v) is 13.6. The topological polar surface area (TPSA) is 67.9 Å². The average molecular weight is 654 g/mol. The number of aryl methyl sites for hydroxylation is 3. The van der Waals surface area contributed by atoms with Crippen molar-refractivity contribution in [3.63, 3.8) is 0 Å². The predicted octanol–water partition coefficient (Wildman–Crippen LogP) is 10.8. The number of carbonyl (C=O) groups is 1. The molecular formula is C47H31N3O. The molecule has 3 aliphatic rings. The van der Waals surface area contributed by atoms with Crippen LogP contribution in [0.5, 0.6) is 0 Å². The van der Waals surface area contributed by atoms with Crippen LogP contribution in [0.2, 0.25) is 0 Å². The third kappa shape index (κ3) is 4.08. The molecule has 1 aliphatic heterocycles. The number of nitrogens with zero attached hydrogens (tertiary/aromatic N) is 3. The fraction of sp³-hybridized carbons (Fsp3) is 0.0851. The van der Waals surface area contributed by atoms with Crippen LogP contribution in [0, 0.1) is 43.4 Å². The largest absolute Gasteiger partial charge is 0.309 e. The van der Waals surface area contributed by atoms with Crippen molar-refractivity contribution in [2.75, 3.05) is 4.90 Å². The fourth-order valence-corrected chi connectivity index (χ4v) is 8.99. The number of fused-ring (bicyclic) bond motifs is 10. The number of ketones is 1. The van der Waals surface area contributed by atoms with E-state index in [1.807, 2.05) is 24.3 Å². The summed E-state index contributed by atoms with van der Waals surface area (Å²) in [6, 6.07) is 48.4. The number of para-hydroxylation sites is 1. The maximum absolute atomic E-state index is 14.0. The molecule has 0 aromatic heterocycles. The van der Waals surface area contributed by atoms with Crippen LogP contribution in [-0.2, 0) is 5.41 Å². The zero-order valence-electron chi connectivity index (χ0n) is 28.5. The van der Waals surface area contributed by atoms with E-state index in [1.165, 1.54) is 44.5 Å². The van der Waals surface area contributed by atoms with Crippen LogP contribution in [0.4, 0.5) is 17.1 Å². The predicted molar refractivity (Wildman–Crippen MR) is 203 cm³/mol. The van der Waals surface area contributed by atoms with Crippen LogP contribution in [0.3, 0.4) is 0 Å². The molecule has 0 bridgehead atoms. The minimum atomic E-state index is -0.650. The molecule has 0 radical (unpaired) electrons. The first-order valence-corrected chi connectivity index (χ1v) is 17.1. The number of benzene rings is 6. The molecular weight excluding hydrogens is 623 g/mol. The molecule has 1 spiro atoms. The van der Waals surface area contributed by atoms with Gasteiger partial charge in [0.25, 0.3) is 0 Å². The van der Waals surface area contributed by atoms with Crippen molar-refractivity contribution in [2.45, 2.75) is 26.2 Å². The first-order chi connectivity index (χ1) is 24.9. The Hall–Kier alpha value is -6.75. The molecule has 6 aromatic carbocycles. The minimum absolute atomic E-state index is 0.0712. The van der Waals surface area contributed by atoms with Crippen LogP contribution >= 0.6 is 0 Å². The van der Waals surface area contributed by atoms with E-state index in [4.69, 9.17) is 0 Å². The number of allylic oxidation sites excluding steroid dienone is 3. The molecule has 0 amide bonds. The van der Waals surface area contributed by atoms with E-state index in [-0.39, 0.29) is 11.4 Å². The van der Waals surface area contributed by atoms with E-state index in [1.54, 1.807) is 6.07 Å². The maximum Gasteiger partial charge on any atom is 0.194 e. The standard InChI is InChI=1S/C47H31N3O/c1-28-22-29(2)45(30(3)23-28)50-42-19-11-10-18-40(42)47(38-16-8-6-12-33(38)34-13-7-9-17-39(34)47)41-25-31(20-21-43(41)50)24-37-44(32(26-48)27-49)35-14-4-5-15-36(35)46(37)51/h4-25H,1-3H3/b37-24-. The molecule has 2 aliphatic carbocycles. The Morgan fingerprint density at radius 1 is 0.608 bits per heavy atom. The number of carbonyl (C=O) groups excluding carboxylic acids is 1. The second kappa shape index (κ2) is 11.1. The van der Waals surface area contributed by atoms with Gasteiger partial charge in [-0.15, -0.1) is 0 Å². The average Bonchev–Trinajstić information content (AvgIpc) is 3.59. The molecule has 240 valence electrons. The van der Waals surface area contributed by atoms with Crippen LogP contribution in [0.25, 0.3) is 22.8 Å². The van der Waals surface area contributed by atoms with E-state index < -0.39 is 5.41 Å². The molecule has 1 heterocycles. The third-order valence-corrected chi connectivity index (χ3v) is 10.8. The van der Waals surface area contributed by atoms with E-state index in [2.05, 4.69) is 141 Å². The Labute approximate surface area is 297 Å². The van der Waals surface area contributed by atoms with Gasteiger partial charge in [-0.1, -0.05) is 115 Å². The van der Waals surface area contributed by atoms with E-state index >= 15 is 0 Å². The number of Topliss-reactive ketones (excluding diaryl/α,β-unsaturated/α-hetero) is 1. The number of anilines is 3. The Balaban J connectivity index is 1.39. The monoisotopic (exact) mass is 653 g/mol. The molecule has 0 saturated carbocycles. The van der Waals surface area contributed by atoms with Crippen LogP contribution in [0.15, 0.2) is 139 Å². The van der Waals surface area contributed by atoms with Gasteiger partial charge in [-0.25, -0.2) is 0 Å². The summed E-state index contributed by atoms with van der Waals surface area (Å²) in [7, 11) is 0. The molecule has 9 rings (SSSR count). The number of hydrogen-bond acceptors (Lipinski definition) is 4. The van der Waals surface area contributed by atoms with Gasteiger partial charge < -0.3 is 4.90 Å². The Kier molecular flexibility index (Phi) is 6.62. The van der Waals surface area contributed by atoms with Crippen LogP contribution in [0.1, 0.15) is 60.4 Å².